The van der Waals surface area contributed by atoms with Crippen LogP contribution in [0.2, 0.25) is 0 Å². The van der Waals surface area contributed by atoms with E-state index in [9.17, 15) is 14.7 Å². The van der Waals surface area contributed by atoms with Crippen molar-refractivity contribution in [3.63, 3.8) is 0 Å². The maximum Gasteiger partial charge on any atom is 0.226 e. The molecule has 0 spiro atoms. The number of methoxy groups -OCH3 is 2. The number of hydrogen-bond donors (Lipinski definition) is 1. The smallest absolute Gasteiger partial charge is 0.226 e. The molecule has 0 aliphatic heterocycles. The van der Waals surface area contributed by atoms with Gasteiger partial charge in [0.15, 0.2) is 17.2 Å². The fraction of sp³-hybridized carbons (Fsp3) is 0.222. The fourth-order valence-electron chi connectivity index (χ4n) is 2.42. The van der Waals surface area contributed by atoms with Crippen molar-refractivity contribution in [1.82, 2.24) is 15.0 Å². The highest BCUT2D eigenvalue weighted by molar-refractivity contribution is 5.78. The van der Waals surface area contributed by atoms with Gasteiger partial charge in [-0.3, -0.25) is 9.59 Å². The Morgan fingerprint density at radius 3 is 2.54 bits per heavy atom. The van der Waals surface area contributed by atoms with Gasteiger partial charge in [0, 0.05) is 11.6 Å². The quantitative estimate of drug-likeness (QED) is 0.571. The summed E-state index contributed by atoms with van der Waals surface area (Å²) in [4.78, 5) is 22.5. The maximum absolute atomic E-state index is 11.4. The van der Waals surface area contributed by atoms with E-state index in [4.69, 9.17) is 18.6 Å². The summed E-state index contributed by atoms with van der Waals surface area (Å²) >= 11 is 0. The summed E-state index contributed by atoms with van der Waals surface area (Å²) in [7, 11) is 2.91. The van der Waals surface area contributed by atoms with E-state index in [1.807, 2.05) is 0 Å². The third-order valence-electron chi connectivity index (χ3n) is 3.75. The summed E-state index contributed by atoms with van der Waals surface area (Å²) in [5, 5.41) is 17.1. The van der Waals surface area contributed by atoms with E-state index < -0.39 is 11.2 Å². The lowest BCUT2D eigenvalue weighted by molar-refractivity contribution is 0.112. The SMILES string of the molecule is COc1cc(C=O)cc(OC)c1OCc1cn(Cc2cc(=O)c(O)co2)nn1. The Bertz CT molecular complexity index is 1020. The van der Waals surface area contributed by atoms with Crippen LogP contribution in [0.15, 0.2) is 39.9 Å². The average molecular weight is 387 g/mol. The third-order valence-corrected chi connectivity index (χ3v) is 3.75. The number of nitrogens with zero attached hydrogens (tertiary/aromatic N) is 3. The zero-order chi connectivity index (χ0) is 20.1. The maximum atomic E-state index is 11.4. The molecule has 0 bridgehead atoms. The van der Waals surface area contributed by atoms with Crippen LogP contribution in [-0.2, 0) is 13.2 Å². The van der Waals surface area contributed by atoms with Crippen molar-refractivity contribution in [3.8, 4) is 23.0 Å². The molecular formula is C18H17N3O7. The first-order valence-corrected chi connectivity index (χ1v) is 8.07. The lowest BCUT2D eigenvalue weighted by Crippen LogP contribution is -2.05. The molecule has 2 aromatic heterocycles. The van der Waals surface area contributed by atoms with Gasteiger partial charge in [0.1, 0.15) is 37.2 Å². The van der Waals surface area contributed by atoms with E-state index in [2.05, 4.69) is 10.3 Å². The predicted octanol–water partition coefficient (Wildman–Crippen LogP) is 1.39. The van der Waals surface area contributed by atoms with Gasteiger partial charge >= 0.3 is 0 Å². The van der Waals surface area contributed by atoms with Crippen molar-refractivity contribution < 1.29 is 28.5 Å². The summed E-state index contributed by atoms with van der Waals surface area (Å²) in [5.41, 5.74) is 0.356. The van der Waals surface area contributed by atoms with Crippen LogP contribution in [0.5, 0.6) is 23.0 Å². The standard InChI is InChI=1S/C18H17N3O7/c1-25-16-3-11(8-22)4-17(26-2)18(16)28-9-12-6-21(20-19-12)7-13-5-14(23)15(24)10-27-13/h3-6,8,10,24H,7,9H2,1-2H3. The van der Waals surface area contributed by atoms with Crippen LogP contribution >= 0.6 is 0 Å². The van der Waals surface area contributed by atoms with Crippen molar-refractivity contribution >= 4 is 6.29 Å². The van der Waals surface area contributed by atoms with Crippen molar-refractivity contribution in [3.05, 3.63) is 57.9 Å². The summed E-state index contributed by atoms with van der Waals surface area (Å²) in [5.74, 6) is 0.877. The van der Waals surface area contributed by atoms with Crippen molar-refractivity contribution in [2.45, 2.75) is 13.2 Å². The number of aromatic nitrogens is 3. The Balaban J connectivity index is 1.73. The van der Waals surface area contributed by atoms with E-state index in [0.29, 0.717) is 40.6 Å². The van der Waals surface area contributed by atoms with E-state index >= 15 is 0 Å². The number of carbonyl (C=O) groups excluding carboxylic acids is 1. The van der Waals surface area contributed by atoms with Crippen LogP contribution in [-0.4, -0.2) is 40.6 Å². The minimum atomic E-state index is -0.539. The number of aromatic hydroxyl groups is 1. The molecule has 0 amide bonds. The Morgan fingerprint density at radius 2 is 1.93 bits per heavy atom. The second kappa shape index (κ2) is 8.25. The number of aldehydes is 1. The summed E-state index contributed by atoms with van der Waals surface area (Å²) < 4.78 is 22.8. The van der Waals surface area contributed by atoms with Crippen LogP contribution in [0.3, 0.4) is 0 Å². The third kappa shape index (κ3) is 4.11. The largest absolute Gasteiger partial charge is 0.502 e. The Kier molecular flexibility index (Phi) is 5.58. The molecule has 0 fully saturated rings. The first kappa shape index (κ1) is 19.0. The summed E-state index contributed by atoms with van der Waals surface area (Å²) in [6.45, 7) is 0.218. The van der Waals surface area contributed by atoms with Crippen LogP contribution in [0.1, 0.15) is 21.8 Å². The van der Waals surface area contributed by atoms with Gasteiger partial charge in [-0.15, -0.1) is 5.10 Å². The van der Waals surface area contributed by atoms with Crippen LogP contribution < -0.4 is 19.6 Å². The van der Waals surface area contributed by atoms with E-state index in [0.717, 1.165) is 6.26 Å². The molecule has 0 aliphatic rings. The molecule has 0 saturated heterocycles. The molecule has 10 nitrogen and oxygen atoms in total. The van der Waals surface area contributed by atoms with Crippen LogP contribution in [0.25, 0.3) is 0 Å². The molecule has 3 aromatic rings. The second-order valence-electron chi connectivity index (χ2n) is 5.66. The average Bonchev–Trinajstić information content (AvgIpc) is 3.15. The first-order chi connectivity index (χ1) is 13.5. The van der Waals surface area contributed by atoms with Gasteiger partial charge in [0.2, 0.25) is 11.2 Å². The zero-order valence-corrected chi connectivity index (χ0v) is 15.1. The molecule has 1 N–H and O–H groups in total. The number of carbonyl (C=O) groups is 1. The van der Waals surface area contributed by atoms with Gasteiger partial charge in [-0.25, -0.2) is 4.68 Å². The molecule has 146 valence electrons. The molecular weight excluding hydrogens is 370 g/mol. The molecule has 1 aromatic carbocycles. The number of benzene rings is 1. The highest BCUT2D eigenvalue weighted by Crippen LogP contribution is 2.38. The molecule has 0 atom stereocenters. The van der Waals surface area contributed by atoms with Crippen LogP contribution in [0.4, 0.5) is 0 Å². The molecule has 0 aliphatic carbocycles. The van der Waals surface area contributed by atoms with Crippen LogP contribution in [0, 0.1) is 0 Å². The molecule has 0 unspecified atom stereocenters. The van der Waals surface area contributed by atoms with Crippen molar-refractivity contribution in [2.24, 2.45) is 0 Å². The van der Waals surface area contributed by atoms with Crippen molar-refractivity contribution in [1.29, 1.82) is 0 Å². The predicted molar refractivity (Wildman–Crippen MR) is 95.0 cm³/mol. The highest BCUT2D eigenvalue weighted by atomic mass is 16.5. The topological polar surface area (TPSA) is 126 Å². The second-order valence-corrected chi connectivity index (χ2v) is 5.66. The molecule has 2 heterocycles. The highest BCUT2D eigenvalue weighted by Gasteiger charge is 2.15. The molecule has 0 radical (unpaired) electrons. The van der Waals surface area contributed by atoms with Gasteiger partial charge < -0.3 is 23.7 Å². The number of rotatable bonds is 8. The Hall–Kier alpha value is -3.82. The summed E-state index contributed by atoms with van der Waals surface area (Å²) in [6.07, 6.45) is 3.27. The van der Waals surface area contributed by atoms with Gasteiger partial charge in [-0.1, -0.05) is 5.21 Å². The minimum Gasteiger partial charge on any atom is -0.502 e. The van der Waals surface area contributed by atoms with E-state index in [1.165, 1.54) is 37.1 Å². The Labute approximate surface area is 158 Å². The lowest BCUT2D eigenvalue weighted by Gasteiger charge is -2.14. The lowest BCUT2D eigenvalue weighted by atomic mass is 10.2. The molecule has 0 saturated carbocycles. The molecule has 28 heavy (non-hydrogen) atoms. The van der Waals surface area contributed by atoms with E-state index in [-0.39, 0.29) is 13.2 Å². The summed E-state index contributed by atoms with van der Waals surface area (Å²) in [6, 6.07) is 4.25. The Morgan fingerprint density at radius 1 is 1.21 bits per heavy atom. The van der Waals surface area contributed by atoms with Gasteiger partial charge in [0.05, 0.1) is 20.4 Å². The first-order valence-electron chi connectivity index (χ1n) is 8.07. The molecule has 10 heteroatoms. The normalized spacial score (nSPS) is 10.5. The van der Waals surface area contributed by atoms with Gasteiger partial charge in [-0.05, 0) is 12.1 Å². The fourth-order valence-corrected chi connectivity index (χ4v) is 2.42. The van der Waals surface area contributed by atoms with Gasteiger partial charge in [0.25, 0.3) is 0 Å². The van der Waals surface area contributed by atoms with E-state index in [1.54, 1.807) is 6.20 Å². The minimum absolute atomic E-state index is 0.0622. The van der Waals surface area contributed by atoms with Gasteiger partial charge in [-0.2, -0.15) is 0 Å². The zero-order valence-electron chi connectivity index (χ0n) is 15.1. The number of hydrogen-bond acceptors (Lipinski definition) is 9. The van der Waals surface area contributed by atoms with Crippen molar-refractivity contribution in [2.75, 3.05) is 14.2 Å². The number of ether oxygens (including phenoxy) is 3. The molecule has 3 rings (SSSR count). The monoisotopic (exact) mass is 387 g/mol.